The smallest absolute Gasteiger partial charge is 0.376 e. The Morgan fingerprint density at radius 3 is 1.76 bits per heavy atom. The van der Waals surface area contributed by atoms with E-state index in [0.29, 0.717) is 15.6 Å². The lowest BCUT2D eigenvalue weighted by atomic mass is 10.0. The lowest BCUT2D eigenvalue weighted by Gasteiger charge is -2.14. The Hall–Kier alpha value is -3.70. The molecule has 3 aromatic rings. The molecule has 3 aromatic carbocycles. The predicted molar refractivity (Wildman–Crippen MR) is 116 cm³/mol. The third-order valence-corrected chi connectivity index (χ3v) is 5.94. The van der Waals surface area contributed by atoms with E-state index in [2.05, 4.69) is 9.28 Å². The van der Waals surface area contributed by atoms with E-state index < -0.39 is 33.2 Å². The van der Waals surface area contributed by atoms with Crippen LogP contribution in [0, 0.1) is 0 Å². The van der Waals surface area contributed by atoms with Crippen LogP contribution in [0.15, 0.2) is 77.9 Å². The van der Waals surface area contributed by atoms with Crippen molar-refractivity contribution in [2.75, 3.05) is 0 Å². The maximum absolute atomic E-state index is 12.7. The van der Waals surface area contributed by atoms with Crippen LogP contribution in [0.2, 0.25) is 5.02 Å². The van der Waals surface area contributed by atoms with Gasteiger partial charge in [-0.1, -0.05) is 35.9 Å². The molecule has 174 valence electrons. The number of fused-ring (bicyclic) bond motifs is 1. The largest absolute Gasteiger partial charge is 0.534 e. The molecule has 0 radical (unpaired) electrons. The second kappa shape index (κ2) is 8.58. The molecule has 4 rings (SSSR count). The van der Waals surface area contributed by atoms with Crippen LogP contribution in [0.5, 0.6) is 5.75 Å². The number of carbonyl (C=O) groups excluding carboxylic acids is 2. The third kappa shape index (κ3) is 4.39. The molecule has 1 heterocycles. The molecule has 1 aliphatic heterocycles. The van der Waals surface area contributed by atoms with Gasteiger partial charge in [0.05, 0.1) is 16.8 Å². The number of rotatable bonds is 5. The van der Waals surface area contributed by atoms with Gasteiger partial charge in [0.1, 0.15) is 5.75 Å². The summed E-state index contributed by atoms with van der Waals surface area (Å²) in [6.07, 6.45) is 0. The second-order valence-corrected chi connectivity index (χ2v) is 8.91. The van der Waals surface area contributed by atoms with Gasteiger partial charge in [-0.2, -0.15) is 31.7 Å². The first-order valence-electron chi connectivity index (χ1n) is 9.41. The van der Waals surface area contributed by atoms with Gasteiger partial charge >= 0.3 is 15.6 Å². The summed E-state index contributed by atoms with van der Waals surface area (Å²) in [6.45, 7) is 0. The van der Waals surface area contributed by atoms with Crippen LogP contribution < -0.4 is 4.18 Å². The first-order valence-corrected chi connectivity index (χ1v) is 11.2. The first kappa shape index (κ1) is 23.5. The van der Waals surface area contributed by atoms with Crippen LogP contribution >= 0.6 is 11.6 Å². The van der Waals surface area contributed by atoms with Gasteiger partial charge in [0.25, 0.3) is 11.8 Å². The normalized spacial score (nSPS) is 14.4. The Morgan fingerprint density at radius 2 is 1.29 bits per heavy atom. The van der Waals surface area contributed by atoms with Crippen molar-refractivity contribution >= 4 is 39.2 Å². The van der Waals surface area contributed by atoms with Gasteiger partial charge in [-0.25, -0.2) is 0 Å². The van der Waals surface area contributed by atoms with Gasteiger partial charge in [0.15, 0.2) is 0 Å². The number of hydrogen-bond acceptors (Lipinski definition) is 6. The van der Waals surface area contributed by atoms with E-state index >= 15 is 0 Å². The molecule has 0 atom stereocenters. The molecular weight excluding hydrogens is 497 g/mol. The zero-order valence-corrected chi connectivity index (χ0v) is 18.4. The molecule has 34 heavy (non-hydrogen) atoms. The Balaban J connectivity index is 1.75. The lowest BCUT2D eigenvalue weighted by molar-refractivity contribution is -0.0500. The average molecular weight is 509 g/mol. The monoisotopic (exact) mass is 508 g/mol. The van der Waals surface area contributed by atoms with Crippen molar-refractivity contribution in [2.24, 2.45) is 5.10 Å². The molecule has 0 spiro atoms. The van der Waals surface area contributed by atoms with Gasteiger partial charge in [-0.15, -0.1) is 0 Å². The number of halogens is 4. The summed E-state index contributed by atoms with van der Waals surface area (Å²) in [6, 6.07) is 16.9. The van der Waals surface area contributed by atoms with Crippen LogP contribution in [0.3, 0.4) is 0 Å². The summed E-state index contributed by atoms with van der Waals surface area (Å²) in [5.74, 6) is -1.89. The third-order valence-electron chi connectivity index (χ3n) is 4.71. The van der Waals surface area contributed by atoms with Gasteiger partial charge < -0.3 is 4.18 Å². The molecule has 1 aliphatic rings. The van der Waals surface area contributed by atoms with Crippen molar-refractivity contribution in [3.63, 3.8) is 0 Å². The van der Waals surface area contributed by atoms with Crippen molar-refractivity contribution in [2.45, 2.75) is 5.51 Å². The first-order chi connectivity index (χ1) is 16.0. The number of hydrogen-bond donors (Lipinski definition) is 0. The van der Waals surface area contributed by atoms with Crippen molar-refractivity contribution in [3.8, 4) is 5.75 Å². The van der Waals surface area contributed by atoms with E-state index in [-0.39, 0.29) is 22.4 Å². The number of hydrazone groups is 1. The molecular formula is C22H12ClF3N2O5S. The highest BCUT2D eigenvalue weighted by atomic mass is 35.5. The van der Waals surface area contributed by atoms with Crippen LogP contribution in [-0.2, 0) is 10.1 Å². The minimum atomic E-state index is -5.85. The molecule has 0 saturated heterocycles. The summed E-state index contributed by atoms with van der Waals surface area (Å²) in [5, 5.41) is 5.33. The van der Waals surface area contributed by atoms with Crippen LogP contribution in [0.4, 0.5) is 13.2 Å². The summed E-state index contributed by atoms with van der Waals surface area (Å²) in [5.41, 5.74) is -4.45. The Kier molecular flexibility index (Phi) is 5.92. The number of alkyl halides is 3. The van der Waals surface area contributed by atoms with Crippen LogP contribution in [0.1, 0.15) is 31.8 Å². The molecule has 2 amide bonds. The van der Waals surface area contributed by atoms with Crippen molar-refractivity contribution < 1.29 is 35.4 Å². The fraction of sp³-hybridized carbons (Fsp3) is 0.0455. The molecule has 0 aliphatic carbocycles. The van der Waals surface area contributed by atoms with Gasteiger partial charge in [0.2, 0.25) is 0 Å². The van der Waals surface area contributed by atoms with Gasteiger partial charge in [-0.3, -0.25) is 9.59 Å². The summed E-state index contributed by atoms with van der Waals surface area (Å²) in [7, 11) is -5.85. The highest BCUT2D eigenvalue weighted by Gasteiger charge is 2.48. The fourth-order valence-electron chi connectivity index (χ4n) is 3.10. The lowest BCUT2D eigenvalue weighted by Crippen LogP contribution is -2.28. The zero-order valence-electron chi connectivity index (χ0n) is 16.8. The topological polar surface area (TPSA) is 93.1 Å². The molecule has 12 heteroatoms. The fourth-order valence-corrected chi connectivity index (χ4v) is 3.68. The van der Waals surface area contributed by atoms with Crippen LogP contribution in [0.25, 0.3) is 0 Å². The zero-order chi connectivity index (χ0) is 24.7. The van der Waals surface area contributed by atoms with E-state index in [1.54, 1.807) is 36.4 Å². The number of nitrogens with zero attached hydrogens (tertiary/aromatic N) is 2. The average Bonchev–Trinajstić information content (AvgIpc) is 3.03. The van der Waals surface area contributed by atoms with Gasteiger partial charge in [-0.05, 0) is 48.5 Å². The molecule has 0 N–H and O–H groups in total. The quantitative estimate of drug-likeness (QED) is 0.217. The van der Waals surface area contributed by atoms with E-state index in [0.717, 1.165) is 12.1 Å². The van der Waals surface area contributed by atoms with E-state index in [9.17, 15) is 31.2 Å². The SMILES string of the molecule is O=C1c2ccccc2C(=O)N1N=C(c1ccc(Cl)cc1)c1ccc(OS(=O)(=O)C(F)(F)F)cc1. The second-order valence-electron chi connectivity index (χ2n) is 6.93. The van der Waals surface area contributed by atoms with Crippen molar-refractivity contribution in [1.29, 1.82) is 0 Å². The standard InChI is InChI=1S/C22H12ClF3N2O5S/c23-15-9-5-13(6-10-15)19(27-28-20(29)17-3-1-2-4-18(17)21(28)30)14-7-11-16(12-8-14)33-34(31,32)22(24,25)26/h1-12H. The number of benzene rings is 3. The molecule has 0 bridgehead atoms. The summed E-state index contributed by atoms with van der Waals surface area (Å²) >= 11 is 5.94. The Labute approximate surface area is 196 Å². The Morgan fingerprint density at radius 1 is 0.824 bits per heavy atom. The van der Waals surface area contributed by atoms with Crippen LogP contribution in [-0.4, -0.2) is 36.5 Å². The maximum atomic E-state index is 12.7. The molecule has 0 saturated carbocycles. The molecule has 0 fully saturated rings. The number of amides is 2. The molecule has 0 unspecified atom stereocenters. The molecule has 0 aromatic heterocycles. The summed E-state index contributed by atoms with van der Waals surface area (Å²) < 4.78 is 64.3. The number of imide groups is 1. The van der Waals surface area contributed by atoms with Gasteiger partial charge in [0, 0.05) is 16.1 Å². The minimum Gasteiger partial charge on any atom is -0.376 e. The van der Waals surface area contributed by atoms with Crippen molar-refractivity contribution in [1.82, 2.24) is 5.01 Å². The highest BCUT2D eigenvalue weighted by molar-refractivity contribution is 7.88. The maximum Gasteiger partial charge on any atom is 0.534 e. The van der Waals surface area contributed by atoms with E-state index in [4.69, 9.17) is 11.6 Å². The number of carbonyl (C=O) groups is 2. The minimum absolute atomic E-state index is 0.108. The van der Waals surface area contributed by atoms with Crippen molar-refractivity contribution in [3.05, 3.63) is 100 Å². The predicted octanol–water partition coefficient (Wildman–Crippen LogP) is 4.62. The van der Waals surface area contributed by atoms with E-state index in [1.165, 1.54) is 24.3 Å². The Bertz CT molecular complexity index is 1390. The van der Waals surface area contributed by atoms with E-state index in [1.807, 2.05) is 0 Å². The summed E-state index contributed by atoms with van der Waals surface area (Å²) in [4.78, 5) is 25.5. The highest BCUT2D eigenvalue weighted by Crippen LogP contribution is 2.28. The molecule has 7 nitrogen and oxygen atoms in total.